The number of nitrogens with two attached hydrogens (primary N) is 1. The second-order valence-electron chi connectivity index (χ2n) is 3.59. The van der Waals surface area contributed by atoms with E-state index in [2.05, 4.69) is 27.4 Å². The molecule has 82 valence electrons. The first-order valence-electron chi connectivity index (χ1n) is 4.81. The molecule has 0 radical (unpaired) electrons. The lowest BCUT2D eigenvalue weighted by molar-refractivity contribution is 0.478. The summed E-state index contributed by atoms with van der Waals surface area (Å²) in [6.45, 7) is 4.72. The first-order chi connectivity index (χ1) is 7.16. The van der Waals surface area contributed by atoms with Crippen LogP contribution in [-0.4, -0.2) is 40.9 Å². The van der Waals surface area contributed by atoms with Gasteiger partial charge in [0.05, 0.1) is 0 Å². The van der Waals surface area contributed by atoms with Gasteiger partial charge in [-0.1, -0.05) is 11.6 Å². The number of nitrogens with zero attached hydrogens (tertiary/aromatic N) is 4. The van der Waals surface area contributed by atoms with E-state index in [0.29, 0.717) is 12.0 Å². The summed E-state index contributed by atoms with van der Waals surface area (Å²) < 4.78 is 0. The lowest BCUT2D eigenvalue weighted by atomic mass is 10.2. The van der Waals surface area contributed by atoms with Gasteiger partial charge in [0.2, 0.25) is 5.95 Å². The third-order valence-corrected chi connectivity index (χ3v) is 2.58. The maximum absolute atomic E-state index is 5.66. The number of hydrogen-bond donors (Lipinski definition) is 2. The average Bonchev–Trinajstić information content (AvgIpc) is 2.22. The van der Waals surface area contributed by atoms with Crippen LogP contribution < -0.4 is 16.0 Å². The van der Waals surface area contributed by atoms with Crippen molar-refractivity contribution in [2.24, 2.45) is 0 Å². The quantitative estimate of drug-likeness (QED) is 0.699. The molecular formula is C8H13ClN6. The topological polar surface area (TPSA) is 80.0 Å². The van der Waals surface area contributed by atoms with Crippen molar-refractivity contribution in [3.05, 3.63) is 5.15 Å². The van der Waals surface area contributed by atoms with Crippen molar-refractivity contribution in [3.63, 3.8) is 0 Å². The Kier molecular flexibility index (Phi) is 2.88. The Morgan fingerprint density at radius 1 is 1.53 bits per heavy atom. The van der Waals surface area contributed by atoms with Gasteiger partial charge in [0.1, 0.15) is 0 Å². The molecule has 0 aliphatic carbocycles. The molecule has 1 aromatic heterocycles. The minimum absolute atomic E-state index is 0.155. The second-order valence-corrected chi connectivity index (χ2v) is 3.95. The Morgan fingerprint density at radius 2 is 2.33 bits per heavy atom. The van der Waals surface area contributed by atoms with Gasteiger partial charge < -0.3 is 16.0 Å². The lowest BCUT2D eigenvalue weighted by Crippen LogP contribution is -2.49. The van der Waals surface area contributed by atoms with Crippen molar-refractivity contribution in [2.75, 3.05) is 30.3 Å². The summed E-state index contributed by atoms with van der Waals surface area (Å²) in [6.07, 6.45) is 0. The zero-order valence-corrected chi connectivity index (χ0v) is 9.20. The third-order valence-electron chi connectivity index (χ3n) is 2.31. The van der Waals surface area contributed by atoms with Crippen LogP contribution in [0.5, 0.6) is 0 Å². The fraction of sp³-hybridized carbons (Fsp3) is 0.625. The SMILES string of the molecule is CC1CN(c2nnc(Cl)c(N)n2)CCN1. The van der Waals surface area contributed by atoms with Gasteiger partial charge in [-0.25, -0.2) is 0 Å². The molecule has 1 aromatic rings. The van der Waals surface area contributed by atoms with E-state index in [1.807, 2.05) is 4.90 Å². The normalized spacial score (nSPS) is 21.7. The van der Waals surface area contributed by atoms with E-state index in [4.69, 9.17) is 17.3 Å². The van der Waals surface area contributed by atoms with Crippen LogP contribution in [0.15, 0.2) is 0 Å². The molecule has 2 heterocycles. The standard InChI is InChI=1S/C8H13ClN6/c1-5-4-15(3-2-11-5)8-12-7(10)6(9)13-14-8/h5,11H,2-4H2,1H3,(H2,10,12,14). The van der Waals surface area contributed by atoms with E-state index in [-0.39, 0.29) is 11.0 Å². The Labute approximate surface area is 92.8 Å². The smallest absolute Gasteiger partial charge is 0.247 e. The largest absolute Gasteiger partial charge is 0.381 e. The Hall–Kier alpha value is -1.14. The minimum Gasteiger partial charge on any atom is -0.381 e. The molecule has 0 amide bonds. The van der Waals surface area contributed by atoms with Crippen molar-refractivity contribution in [1.29, 1.82) is 0 Å². The van der Waals surface area contributed by atoms with Crippen molar-refractivity contribution < 1.29 is 0 Å². The van der Waals surface area contributed by atoms with Gasteiger partial charge in [0, 0.05) is 25.7 Å². The maximum Gasteiger partial charge on any atom is 0.247 e. The van der Waals surface area contributed by atoms with E-state index in [1.54, 1.807) is 0 Å². The van der Waals surface area contributed by atoms with Gasteiger partial charge in [-0.05, 0) is 6.92 Å². The number of rotatable bonds is 1. The molecule has 0 saturated carbocycles. The summed E-state index contributed by atoms with van der Waals surface area (Å²) in [5, 5.41) is 11.2. The van der Waals surface area contributed by atoms with Gasteiger partial charge in [-0.15, -0.1) is 10.2 Å². The highest BCUT2D eigenvalue weighted by atomic mass is 35.5. The Morgan fingerprint density at radius 3 is 3.00 bits per heavy atom. The third kappa shape index (κ3) is 2.27. The van der Waals surface area contributed by atoms with Crippen LogP contribution in [0.4, 0.5) is 11.8 Å². The predicted octanol–water partition coefficient (Wildman–Crippen LogP) is -0.0947. The van der Waals surface area contributed by atoms with Crippen molar-refractivity contribution in [2.45, 2.75) is 13.0 Å². The number of hydrogen-bond acceptors (Lipinski definition) is 6. The highest BCUT2D eigenvalue weighted by molar-refractivity contribution is 6.31. The molecule has 3 N–H and O–H groups in total. The summed E-state index contributed by atoms with van der Waals surface area (Å²) in [5.74, 6) is 0.776. The number of halogens is 1. The summed E-state index contributed by atoms with van der Waals surface area (Å²) in [4.78, 5) is 6.14. The van der Waals surface area contributed by atoms with Gasteiger partial charge >= 0.3 is 0 Å². The van der Waals surface area contributed by atoms with E-state index in [1.165, 1.54) is 0 Å². The van der Waals surface area contributed by atoms with Crippen LogP contribution >= 0.6 is 11.6 Å². The van der Waals surface area contributed by atoms with Crippen LogP contribution in [0, 0.1) is 0 Å². The average molecular weight is 229 g/mol. The number of anilines is 2. The zero-order chi connectivity index (χ0) is 10.8. The molecule has 6 nitrogen and oxygen atoms in total. The summed E-state index contributed by atoms with van der Waals surface area (Å²) >= 11 is 5.66. The van der Waals surface area contributed by atoms with Crippen LogP contribution in [-0.2, 0) is 0 Å². The number of piperazine rings is 1. The highest BCUT2D eigenvalue weighted by Gasteiger charge is 2.18. The van der Waals surface area contributed by atoms with Crippen LogP contribution in [0.3, 0.4) is 0 Å². The first-order valence-corrected chi connectivity index (χ1v) is 5.18. The fourth-order valence-corrected chi connectivity index (χ4v) is 1.64. The fourth-order valence-electron chi connectivity index (χ4n) is 1.56. The van der Waals surface area contributed by atoms with Gasteiger partial charge in [-0.2, -0.15) is 4.98 Å². The molecule has 1 unspecified atom stereocenters. The summed E-state index contributed by atoms with van der Waals surface area (Å²) in [7, 11) is 0. The monoisotopic (exact) mass is 228 g/mol. The highest BCUT2D eigenvalue weighted by Crippen LogP contribution is 2.15. The van der Waals surface area contributed by atoms with Crippen LogP contribution in [0.1, 0.15) is 6.92 Å². The number of nitrogen functional groups attached to an aromatic ring is 1. The van der Waals surface area contributed by atoms with E-state index >= 15 is 0 Å². The molecule has 1 aliphatic rings. The molecule has 1 fully saturated rings. The predicted molar refractivity (Wildman–Crippen MR) is 58.9 cm³/mol. The minimum atomic E-state index is 0.155. The van der Waals surface area contributed by atoms with Crippen molar-refractivity contribution in [3.8, 4) is 0 Å². The molecule has 0 spiro atoms. The van der Waals surface area contributed by atoms with Gasteiger partial charge in [-0.3, -0.25) is 0 Å². The van der Waals surface area contributed by atoms with Crippen molar-refractivity contribution >= 4 is 23.4 Å². The summed E-state index contributed by atoms with van der Waals surface area (Å²) in [6, 6.07) is 0.416. The second kappa shape index (κ2) is 4.16. The van der Waals surface area contributed by atoms with Crippen LogP contribution in [0.25, 0.3) is 0 Å². The van der Waals surface area contributed by atoms with E-state index in [9.17, 15) is 0 Å². The van der Waals surface area contributed by atoms with Crippen LogP contribution in [0.2, 0.25) is 5.15 Å². The Balaban J connectivity index is 2.18. The van der Waals surface area contributed by atoms with E-state index in [0.717, 1.165) is 19.6 Å². The lowest BCUT2D eigenvalue weighted by Gasteiger charge is -2.31. The number of nitrogens with one attached hydrogen (secondary N) is 1. The molecule has 1 saturated heterocycles. The molecular weight excluding hydrogens is 216 g/mol. The molecule has 2 rings (SSSR count). The van der Waals surface area contributed by atoms with Gasteiger partial charge in [0.25, 0.3) is 0 Å². The molecule has 15 heavy (non-hydrogen) atoms. The molecule has 0 aromatic carbocycles. The van der Waals surface area contributed by atoms with E-state index < -0.39 is 0 Å². The maximum atomic E-state index is 5.66. The molecule has 7 heteroatoms. The molecule has 0 bridgehead atoms. The zero-order valence-electron chi connectivity index (χ0n) is 8.44. The first kappa shape index (κ1) is 10.4. The Bertz CT molecular complexity index is 357. The molecule has 1 atom stereocenters. The number of aromatic nitrogens is 3. The molecule has 1 aliphatic heterocycles. The van der Waals surface area contributed by atoms with Crippen molar-refractivity contribution in [1.82, 2.24) is 20.5 Å². The summed E-state index contributed by atoms with van der Waals surface area (Å²) in [5.41, 5.74) is 5.57. The van der Waals surface area contributed by atoms with Gasteiger partial charge in [0.15, 0.2) is 11.0 Å².